The van der Waals surface area contributed by atoms with Crippen LogP contribution in [0.3, 0.4) is 0 Å². The van der Waals surface area contributed by atoms with E-state index in [1.165, 1.54) is 20.1 Å². The van der Waals surface area contributed by atoms with Gasteiger partial charge in [-0.1, -0.05) is 6.07 Å². The topological polar surface area (TPSA) is 84.9 Å². The van der Waals surface area contributed by atoms with Crippen LogP contribution in [0.4, 0.5) is 5.69 Å². The second-order valence-corrected chi connectivity index (χ2v) is 7.99. The number of hydrogen-bond acceptors (Lipinski definition) is 5. The Kier molecular flexibility index (Phi) is 5.38. The summed E-state index contributed by atoms with van der Waals surface area (Å²) in [5.74, 6) is 1.07. The molecule has 2 aromatic carbocycles. The Morgan fingerprint density at radius 3 is 2.52 bits per heavy atom. The predicted molar refractivity (Wildman–Crippen MR) is 102 cm³/mol. The van der Waals surface area contributed by atoms with Crippen LogP contribution in [0.15, 0.2) is 41.3 Å². The lowest BCUT2D eigenvalue weighted by atomic mass is 10.2. The molecule has 0 aromatic heterocycles. The molecular formula is C19H22N2O5S. The van der Waals surface area contributed by atoms with E-state index in [1.54, 1.807) is 42.3 Å². The van der Waals surface area contributed by atoms with Crippen molar-refractivity contribution >= 4 is 21.6 Å². The van der Waals surface area contributed by atoms with Crippen molar-refractivity contribution in [1.82, 2.24) is 4.72 Å². The van der Waals surface area contributed by atoms with Crippen LogP contribution in [0.5, 0.6) is 11.5 Å². The van der Waals surface area contributed by atoms with E-state index in [0.29, 0.717) is 24.5 Å². The van der Waals surface area contributed by atoms with Crippen LogP contribution in [0.1, 0.15) is 18.1 Å². The van der Waals surface area contributed by atoms with E-state index in [9.17, 15) is 13.2 Å². The number of fused-ring (bicyclic) bond motifs is 1. The summed E-state index contributed by atoms with van der Waals surface area (Å²) in [5, 5.41) is 0. The van der Waals surface area contributed by atoms with Gasteiger partial charge >= 0.3 is 0 Å². The fourth-order valence-corrected chi connectivity index (χ4v) is 4.19. The highest BCUT2D eigenvalue weighted by Gasteiger charge is 2.24. The molecular weight excluding hydrogens is 368 g/mol. The number of carbonyl (C=O) groups excluding carboxylic acids is 1. The minimum Gasteiger partial charge on any atom is -0.493 e. The maximum Gasteiger partial charge on any atom is 0.240 e. The normalized spacial score (nSPS) is 13.4. The first-order chi connectivity index (χ1) is 12.9. The van der Waals surface area contributed by atoms with Gasteiger partial charge in [0.25, 0.3) is 0 Å². The highest BCUT2D eigenvalue weighted by Crippen LogP contribution is 2.30. The number of amides is 1. The zero-order chi connectivity index (χ0) is 19.6. The van der Waals surface area contributed by atoms with E-state index in [4.69, 9.17) is 9.47 Å². The van der Waals surface area contributed by atoms with Crippen LogP contribution in [-0.2, 0) is 27.8 Å². The van der Waals surface area contributed by atoms with Crippen molar-refractivity contribution in [3.05, 3.63) is 47.5 Å². The Bertz CT molecular complexity index is 972. The molecule has 0 bridgehead atoms. The Balaban J connectivity index is 1.77. The van der Waals surface area contributed by atoms with Crippen LogP contribution in [0.25, 0.3) is 0 Å². The first kappa shape index (κ1) is 19.2. The quantitative estimate of drug-likeness (QED) is 0.816. The summed E-state index contributed by atoms with van der Waals surface area (Å²) in [6, 6.07) is 10.1. The number of carbonyl (C=O) groups is 1. The van der Waals surface area contributed by atoms with Gasteiger partial charge < -0.3 is 14.4 Å². The molecule has 0 fully saturated rings. The monoisotopic (exact) mass is 390 g/mol. The second-order valence-electron chi connectivity index (χ2n) is 6.23. The van der Waals surface area contributed by atoms with Crippen LogP contribution in [0.2, 0.25) is 0 Å². The van der Waals surface area contributed by atoms with Gasteiger partial charge in [-0.15, -0.1) is 0 Å². The molecule has 1 heterocycles. The number of rotatable bonds is 6. The molecule has 27 heavy (non-hydrogen) atoms. The number of anilines is 1. The molecule has 8 heteroatoms. The molecule has 1 aliphatic heterocycles. The van der Waals surface area contributed by atoms with Crippen molar-refractivity contribution in [1.29, 1.82) is 0 Å². The molecule has 3 rings (SSSR count). The first-order valence-electron chi connectivity index (χ1n) is 8.47. The third-order valence-electron chi connectivity index (χ3n) is 4.55. The molecule has 144 valence electrons. The third kappa shape index (κ3) is 3.91. The van der Waals surface area contributed by atoms with Crippen LogP contribution in [0, 0.1) is 0 Å². The average molecular weight is 390 g/mol. The van der Waals surface area contributed by atoms with E-state index >= 15 is 0 Å². The Hall–Kier alpha value is -2.58. The number of ether oxygens (including phenoxy) is 2. The SMILES string of the molecule is COc1ccc(CNS(=O)(=O)c2ccc3c(c2)CCN3C(C)=O)cc1OC. The van der Waals surface area contributed by atoms with Gasteiger partial charge in [-0.05, 0) is 47.9 Å². The standard InChI is InChI=1S/C19H22N2O5S/c1-13(22)21-9-8-15-11-16(5-6-17(15)21)27(23,24)20-12-14-4-7-18(25-2)19(10-14)26-3/h4-7,10-11,20H,8-9,12H2,1-3H3. The summed E-state index contributed by atoms with van der Waals surface area (Å²) >= 11 is 0. The average Bonchev–Trinajstić information content (AvgIpc) is 3.09. The maximum absolute atomic E-state index is 12.7. The predicted octanol–water partition coefficient (Wildman–Crippen LogP) is 2.09. The molecule has 1 amide bonds. The summed E-state index contributed by atoms with van der Waals surface area (Å²) < 4.78 is 38.3. The van der Waals surface area contributed by atoms with Gasteiger partial charge in [-0.25, -0.2) is 13.1 Å². The fraction of sp³-hybridized carbons (Fsp3) is 0.316. The van der Waals surface area contributed by atoms with E-state index in [1.807, 2.05) is 0 Å². The van der Waals surface area contributed by atoms with E-state index in [0.717, 1.165) is 16.8 Å². The lowest BCUT2D eigenvalue weighted by Gasteiger charge is -2.15. The Morgan fingerprint density at radius 1 is 1.11 bits per heavy atom. The molecule has 0 radical (unpaired) electrons. The van der Waals surface area contributed by atoms with Crippen molar-refractivity contribution in [2.45, 2.75) is 24.8 Å². The molecule has 0 saturated heterocycles. The molecule has 0 spiro atoms. The molecule has 1 aliphatic rings. The minimum atomic E-state index is -3.68. The number of sulfonamides is 1. The van der Waals surface area contributed by atoms with Gasteiger partial charge in [0, 0.05) is 25.7 Å². The molecule has 7 nitrogen and oxygen atoms in total. The number of hydrogen-bond donors (Lipinski definition) is 1. The lowest BCUT2D eigenvalue weighted by Crippen LogP contribution is -2.26. The zero-order valence-corrected chi connectivity index (χ0v) is 16.3. The summed E-state index contributed by atoms with van der Waals surface area (Å²) in [7, 11) is -0.607. The van der Waals surface area contributed by atoms with E-state index in [-0.39, 0.29) is 17.3 Å². The lowest BCUT2D eigenvalue weighted by molar-refractivity contribution is -0.116. The first-order valence-corrected chi connectivity index (χ1v) is 9.95. The minimum absolute atomic E-state index is 0.0454. The highest BCUT2D eigenvalue weighted by atomic mass is 32.2. The Morgan fingerprint density at radius 2 is 1.85 bits per heavy atom. The molecule has 0 atom stereocenters. The van der Waals surface area contributed by atoms with Crippen molar-refractivity contribution in [2.75, 3.05) is 25.7 Å². The van der Waals surface area contributed by atoms with Crippen molar-refractivity contribution in [3.63, 3.8) is 0 Å². The fourth-order valence-electron chi connectivity index (χ4n) is 3.12. The number of benzene rings is 2. The van der Waals surface area contributed by atoms with Crippen molar-refractivity contribution in [2.24, 2.45) is 0 Å². The number of nitrogens with one attached hydrogen (secondary N) is 1. The molecule has 0 saturated carbocycles. The molecule has 0 unspecified atom stereocenters. The van der Waals surface area contributed by atoms with Gasteiger partial charge in [0.2, 0.25) is 15.9 Å². The van der Waals surface area contributed by atoms with Crippen LogP contribution in [-0.4, -0.2) is 35.1 Å². The highest BCUT2D eigenvalue weighted by molar-refractivity contribution is 7.89. The summed E-state index contributed by atoms with van der Waals surface area (Å²) in [6.45, 7) is 2.21. The van der Waals surface area contributed by atoms with Gasteiger partial charge in [0.05, 0.1) is 19.1 Å². The van der Waals surface area contributed by atoms with Gasteiger partial charge in [0.1, 0.15) is 0 Å². The number of methoxy groups -OCH3 is 2. The largest absolute Gasteiger partial charge is 0.493 e. The number of nitrogens with zero attached hydrogens (tertiary/aromatic N) is 1. The molecule has 2 aromatic rings. The third-order valence-corrected chi connectivity index (χ3v) is 5.95. The van der Waals surface area contributed by atoms with Crippen molar-refractivity contribution < 1.29 is 22.7 Å². The van der Waals surface area contributed by atoms with E-state index in [2.05, 4.69) is 4.72 Å². The van der Waals surface area contributed by atoms with E-state index < -0.39 is 10.0 Å². The molecule has 1 N–H and O–H groups in total. The smallest absolute Gasteiger partial charge is 0.240 e. The van der Waals surface area contributed by atoms with Crippen LogP contribution < -0.4 is 19.1 Å². The van der Waals surface area contributed by atoms with Crippen LogP contribution >= 0.6 is 0 Å². The summed E-state index contributed by atoms with van der Waals surface area (Å²) in [6.07, 6.45) is 0.647. The second kappa shape index (κ2) is 7.58. The summed E-state index contributed by atoms with van der Waals surface area (Å²) in [5.41, 5.74) is 2.39. The molecule has 0 aliphatic carbocycles. The summed E-state index contributed by atoms with van der Waals surface area (Å²) in [4.78, 5) is 13.5. The van der Waals surface area contributed by atoms with Gasteiger partial charge in [-0.3, -0.25) is 4.79 Å². The Labute approximate surface area is 158 Å². The van der Waals surface area contributed by atoms with Gasteiger partial charge in [0.15, 0.2) is 11.5 Å². The van der Waals surface area contributed by atoms with Crippen molar-refractivity contribution in [3.8, 4) is 11.5 Å². The maximum atomic E-state index is 12.7. The zero-order valence-electron chi connectivity index (χ0n) is 15.5. The van der Waals surface area contributed by atoms with Gasteiger partial charge in [-0.2, -0.15) is 0 Å².